The van der Waals surface area contributed by atoms with Crippen LogP contribution in [0.1, 0.15) is 0 Å². The molecule has 53 heavy (non-hydrogen) atoms. The highest BCUT2D eigenvalue weighted by Gasteiger charge is 2.22. The molecule has 0 aliphatic carbocycles. The third-order valence-electron chi connectivity index (χ3n) is 11.0. The van der Waals surface area contributed by atoms with Crippen LogP contribution in [-0.4, -0.2) is 23.5 Å². The minimum Gasteiger partial charge on any atom is -0.309 e. The van der Waals surface area contributed by atoms with E-state index in [1.807, 2.05) is 0 Å². The van der Waals surface area contributed by atoms with Gasteiger partial charge in [-0.05, 0) is 88.6 Å². The van der Waals surface area contributed by atoms with Gasteiger partial charge in [0.25, 0.3) is 0 Å². The van der Waals surface area contributed by atoms with Gasteiger partial charge in [0.05, 0.1) is 38.6 Å². The quantitative estimate of drug-likeness (QED) is 0.187. The largest absolute Gasteiger partial charge is 0.309 e. The molecular weight excluding hydrogens is 647 g/mol. The molecule has 0 aliphatic heterocycles. The number of rotatable bonds is 3. The summed E-state index contributed by atoms with van der Waals surface area (Å²) in [5.74, 6) is 0.823. The Kier molecular flexibility index (Phi) is 5.71. The van der Waals surface area contributed by atoms with Crippen molar-refractivity contribution < 1.29 is 0 Å². The first-order chi connectivity index (χ1) is 26.3. The SMILES string of the molecule is c1ccc(-n2c3ccccc3c3ccc(-c4ccc5c(c4)c4c6ccccc6ccc4n5-c4nc5ccccc5c5nc6ccccc6n45)cc32)cc1. The zero-order valence-electron chi connectivity index (χ0n) is 28.5. The Balaban J connectivity index is 1.18. The summed E-state index contributed by atoms with van der Waals surface area (Å²) in [5.41, 5.74) is 11.9. The van der Waals surface area contributed by atoms with E-state index in [0.717, 1.165) is 50.3 Å². The number of para-hydroxylation sites is 5. The molecule has 0 aliphatic rings. The molecule has 0 bridgehead atoms. The molecule has 0 atom stereocenters. The van der Waals surface area contributed by atoms with Crippen LogP contribution >= 0.6 is 0 Å². The van der Waals surface area contributed by atoms with E-state index in [9.17, 15) is 0 Å². The minimum absolute atomic E-state index is 0.823. The summed E-state index contributed by atoms with van der Waals surface area (Å²) in [6, 6.07) is 63.1. The number of aromatic nitrogens is 5. The van der Waals surface area contributed by atoms with Crippen molar-refractivity contribution in [2.45, 2.75) is 0 Å². The van der Waals surface area contributed by atoms with Gasteiger partial charge in [-0.2, -0.15) is 0 Å². The molecule has 0 saturated heterocycles. The van der Waals surface area contributed by atoms with Crippen LogP contribution in [0, 0.1) is 0 Å². The molecule has 0 amide bonds. The van der Waals surface area contributed by atoms with Crippen LogP contribution in [0.2, 0.25) is 0 Å². The second kappa shape index (κ2) is 10.6. The van der Waals surface area contributed by atoms with E-state index in [2.05, 4.69) is 189 Å². The first kappa shape index (κ1) is 28.5. The summed E-state index contributed by atoms with van der Waals surface area (Å²) in [5, 5.41) is 8.36. The number of hydrogen-bond donors (Lipinski definition) is 0. The van der Waals surface area contributed by atoms with E-state index >= 15 is 0 Å². The Labute approximate surface area is 303 Å². The van der Waals surface area contributed by atoms with Crippen molar-refractivity contribution in [3.05, 3.63) is 176 Å². The van der Waals surface area contributed by atoms with Gasteiger partial charge in [-0.3, -0.25) is 8.97 Å². The Bertz CT molecular complexity index is 3460. The maximum Gasteiger partial charge on any atom is 0.221 e. The van der Waals surface area contributed by atoms with Crippen molar-refractivity contribution in [2.75, 3.05) is 0 Å². The lowest BCUT2D eigenvalue weighted by Crippen LogP contribution is -2.06. The van der Waals surface area contributed by atoms with Gasteiger partial charge in [-0.1, -0.05) is 109 Å². The monoisotopic (exact) mass is 675 g/mol. The lowest BCUT2D eigenvalue weighted by atomic mass is 9.99. The van der Waals surface area contributed by atoms with Gasteiger partial charge in [0.15, 0.2) is 0 Å². The normalized spacial score (nSPS) is 12.2. The molecule has 4 heterocycles. The molecule has 0 spiro atoms. The average molecular weight is 676 g/mol. The van der Waals surface area contributed by atoms with Crippen LogP contribution in [0.4, 0.5) is 0 Å². The second-order valence-corrected chi connectivity index (χ2v) is 13.9. The van der Waals surface area contributed by atoms with Gasteiger partial charge in [-0.15, -0.1) is 0 Å². The lowest BCUT2D eigenvalue weighted by Gasteiger charge is -2.13. The van der Waals surface area contributed by atoms with Crippen molar-refractivity contribution >= 4 is 82.0 Å². The van der Waals surface area contributed by atoms with E-state index < -0.39 is 0 Å². The van der Waals surface area contributed by atoms with E-state index in [0.29, 0.717) is 0 Å². The summed E-state index contributed by atoms with van der Waals surface area (Å²) in [6.45, 7) is 0. The second-order valence-electron chi connectivity index (χ2n) is 13.9. The molecule has 5 nitrogen and oxygen atoms in total. The summed E-state index contributed by atoms with van der Waals surface area (Å²) in [6.07, 6.45) is 0. The highest BCUT2D eigenvalue weighted by molar-refractivity contribution is 6.22. The van der Waals surface area contributed by atoms with Gasteiger partial charge in [0.2, 0.25) is 5.95 Å². The van der Waals surface area contributed by atoms with Crippen molar-refractivity contribution in [2.24, 2.45) is 0 Å². The Morgan fingerprint density at radius 3 is 1.89 bits per heavy atom. The zero-order chi connectivity index (χ0) is 34.6. The number of nitrogens with zero attached hydrogens (tertiary/aromatic N) is 5. The number of fused-ring (bicyclic) bond motifs is 13. The summed E-state index contributed by atoms with van der Waals surface area (Å²) in [4.78, 5) is 10.6. The van der Waals surface area contributed by atoms with E-state index in [1.165, 1.54) is 54.5 Å². The third kappa shape index (κ3) is 3.96. The third-order valence-corrected chi connectivity index (χ3v) is 11.0. The maximum absolute atomic E-state index is 5.41. The fourth-order valence-electron chi connectivity index (χ4n) is 8.67. The molecule has 8 aromatic carbocycles. The molecule has 0 radical (unpaired) electrons. The highest BCUT2D eigenvalue weighted by Crippen LogP contribution is 2.41. The standard InChI is InChI=1S/C48H29N5/c1-2-13-33(14-3-1)51-41-20-10-7-16-35(41)36-25-22-32(29-45(36)51)31-24-26-42-38(28-31)46-34-15-5-4-12-30(34)23-27-44(46)52(42)48-50-39-18-8-6-17-37(39)47-49-40-19-9-11-21-43(40)53(47)48/h1-29H. The van der Waals surface area contributed by atoms with Gasteiger partial charge >= 0.3 is 0 Å². The molecule has 0 saturated carbocycles. The van der Waals surface area contributed by atoms with Crippen LogP contribution < -0.4 is 0 Å². The molecule has 12 aromatic rings. The van der Waals surface area contributed by atoms with Crippen LogP contribution in [0.3, 0.4) is 0 Å². The van der Waals surface area contributed by atoms with Gasteiger partial charge in [0.1, 0.15) is 5.65 Å². The van der Waals surface area contributed by atoms with Crippen molar-refractivity contribution in [1.29, 1.82) is 0 Å². The molecule has 12 rings (SSSR count). The lowest BCUT2D eigenvalue weighted by molar-refractivity contribution is 0.980. The van der Waals surface area contributed by atoms with Crippen LogP contribution in [0.5, 0.6) is 0 Å². The fourth-order valence-corrected chi connectivity index (χ4v) is 8.67. The minimum atomic E-state index is 0.823. The summed E-state index contributed by atoms with van der Waals surface area (Å²) >= 11 is 0. The summed E-state index contributed by atoms with van der Waals surface area (Å²) < 4.78 is 6.96. The number of hydrogen-bond acceptors (Lipinski definition) is 2. The molecule has 5 heteroatoms. The van der Waals surface area contributed by atoms with Crippen LogP contribution in [0.15, 0.2) is 176 Å². The topological polar surface area (TPSA) is 40.0 Å². The Morgan fingerprint density at radius 1 is 0.358 bits per heavy atom. The van der Waals surface area contributed by atoms with Gasteiger partial charge in [0, 0.05) is 32.6 Å². The molecule has 4 aromatic heterocycles. The number of imidazole rings is 1. The van der Waals surface area contributed by atoms with Crippen LogP contribution in [-0.2, 0) is 0 Å². The van der Waals surface area contributed by atoms with Crippen molar-refractivity contribution in [3.63, 3.8) is 0 Å². The first-order valence-corrected chi connectivity index (χ1v) is 18.0. The molecule has 0 fully saturated rings. The predicted molar refractivity (Wildman–Crippen MR) is 220 cm³/mol. The Morgan fingerprint density at radius 2 is 1.00 bits per heavy atom. The van der Waals surface area contributed by atoms with Crippen molar-refractivity contribution in [3.8, 4) is 22.8 Å². The fraction of sp³-hybridized carbons (Fsp3) is 0. The van der Waals surface area contributed by atoms with E-state index in [1.54, 1.807) is 0 Å². The smallest absolute Gasteiger partial charge is 0.221 e. The van der Waals surface area contributed by atoms with Crippen LogP contribution in [0.25, 0.3) is 105 Å². The maximum atomic E-state index is 5.41. The molecular formula is C48H29N5. The summed E-state index contributed by atoms with van der Waals surface area (Å²) in [7, 11) is 0. The average Bonchev–Trinajstić information content (AvgIpc) is 3.89. The van der Waals surface area contributed by atoms with E-state index in [4.69, 9.17) is 9.97 Å². The predicted octanol–water partition coefficient (Wildman–Crippen LogP) is 12.1. The Hall–Kier alpha value is -7.24. The van der Waals surface area contributed by atoms with Crippen molar-refractivity contribution in [1.82, 2.24) is 23.5 Å². The first-order valence-electron chi connectivity index (χ1n) is 18.0. The highest BCUT2D eigenvalue weighted by atomic mass is 15.2. The van der Waals surface area contributed by atoms with Gasteiger partial charge in [-0.25, -0.2) is 9.97 Å². The van der Waals surface area contributed by atoms with E-state index in [-0.39, 0.29) is 0 Å². The molecule has 0 unspecified atom stereocenters. The van der Waals surface area contributed by atoms with Gasteiger partial charge < -0.3 is 4.57 Å². The molecule has 0 N–H and O–H groups in total. The zero-order valence-corrected chi connectivity index (χ0v) is 28.5. The molecule has 246 valence electrons. The number of benzene rings is 8.